The first-order valence-corrected chi connectivity index (χ1v) is 9.43. The van der Waals surface area contributed by atoms with Crippen molar-refractivity contribution in [3.8, 4) is 0 Å². The second-order valence-corrected chi connectivity index (χ2v) is 8.92. The van der Waals surface area contributed by atoms with Crippen LogP contribution in [0.2, 0.25) is 10.0 Å². The molecule has 1 aromatic rings. The fourth-order valence-electron chi connectivity index (χ4n) is 2.26. The number of nitrogens with two attached hydrogens (primary N) is 1. The van der Waals surface area contributed by atoms with E-state index < -0.39 is 0 Å². The molecule has 1 heterocycles. The van der Waals surface area contributed by atoms with E-state index in [0.717, 1.165) is 17.7 Å². The number of benzene rings is 1. The number of nitrogens with one attached hydrogen (secondary N) is 1. The molecule has 1 aromatic carbocycles. The molecule has 2 rings (SSSR count). The normalized spacial score (nSPS) is 28.4. The molecule has 2 nitrogen and oxygen atoms in total. The minimum absolute atomic E-state index is 0.207. The number of hydrazine groups is 1. The highest BCUT2D eigenvalue weighted by Crippen LogP contribution is 2.38. The number of hydrogen-bond acceptors (Lipinski definition) is 4. The predicted octanol–water partition coefficient (Wildman–Crippen LogP) is 3.99. The van der Waals surface area contributed by atoms with Gasteiger partial charge in [0.05, 0.1) is 10.0 Å². The Kier molecular flexibility index (Phi) is 6.39. The highest BCUT2D eigenvalue weighted by atomic mass is 35.5. The van der Waals surface area contributed by atoms with Gasteiger partial charge in [0.2, 0.25) is 0 Å². The molecule has 4 unspecified atom stereocenters. The molecular weight excluding hydrogens is 331 g/mol. The summed E-state index contributed by atoms with van der Waals surface area (Å²) in [5, 5.41) is 3.08. The Morgan fingerprint density at radius 1 is 1.35 bits per heavy atom. The summed E-state index contributed by atoms with van der Waals surface area (Å²) >= 11 is 16.4. The zero-order valence-electron chi connectivity index (χ0n) is 11.6. The van der Waals surface area contributed by atoms with Crippen LogP contribution in [0.1, 0.15) is 19.4 Å². The Hall–Kier alpha value is 0.420. The van der Waals surface area contributed by atoms with Gasteiger partial charge >= 0.3 is 0 Å². The first kappa shape index (κ1) is 16.8. The molecule has 0 saturated carbocycles. The van der Waals surface area contributed by atoms with Crippen LogP contribution in [0.3, 0.4) is 0 Å². The van der Waals surface area contributed by atoms with E-state index in [1.807, 2.05) is 41.7 Å². The lowest BCUT2D eigenvalue weighted by molar-refractivity contribution is 0.521. The second-order valence-electron chi connectivity index (χ2n) is 5.11. The van der Waals surface area contributed by atoms with E-state index in [9.17, 15) is 0 Å². The SMILES string of the molecule is CC1SCC(C(Cc2cccc(Cl)c2Cl)NN)SC1C. The Morgan fingerprint density at radius 2 is 2.10 bits per heavy atom. The first-order valence-electron chi connectivity index (χ1n) is 6.69. The van der Waals surface area contributed by atoms with Crippen molar-refractivity contribution in [1.29, 1.82) is 0 Å². The number of hydrogen-bond donors (Lipinski definition) is 2. The molecule has 0 aromatic heterocycles. The molecule has 4 atom stereocenters. The predicted molar refractivity (Wildman–Crippen MR) is 94.0 cm³/mol. The Bertz CT molecular complexity index is 459. The molecule has 0 bridgehead atoms. The van der Waals surface area contributed by atoms with Crippen molar-refractivity contribution in [2.45, 2.75) is 42.1 Å². The molecule has 1 fully saturated rings. The van der Waals surface area contributed by atoms with Gasteiger partial charge in [-0.15, -0.1) is 0 Å². The van der Waals surface area contributed by atoms with Crippen molar-refractivity contribution in [3.63, 3.8) is 0 Å². The monoisotopic (exact) mass is 350 g/mol. The number of halogens is 2. The molecule has 0 amide bonds. The van der Waals surface area contributed by atoms with E-state index in [2.05, 4.69) is 19.3 Å². The largest absolute Gasteiger partial charge is 0.271 e. The van der Waals surface area contributed by atoms with Crippen LogP contribution in [0.4, 0.5) is 0 Å². The molecular formula is C14H20Cl2N2S2. The third kappa shape index (κ3) is 3.99. The second kappa shape index (κ2) is 7.61. The molecule has 6 heteroatoms. The summed E-state index contributed by atoms with van der Waals surface area (Å²) in [6, 6.07) is 5.97. The third-order valence-electron chi connectivity index (χ3n) is 3.71. The average molecular weight is 351 g/mol. The summed E-state index contributed by atoms with van der Waals surface area (Å²) in [5.41, 5.74) is 4.02. The molecule has 0 aliphatic carbocycles. The molecule has 112 valence electrons. The summed E-state index contributed by atoms with van der Waals surface area (Å²) < 4.78 is 0. The van der Waals surface area contributed by atoms with E-state index in [4.69, 9.17) is 29.0 Å². The summed E-state index contributed by atoms with van der Waals surface area (Å²) in [6.45, 7) is 4.58. The quantitative estimate of drug-likeness (QED) is 0.635. The van der Waals surface area contributed by atoms with E-state index in [1.165, 1.54) is 0 Å². The summed E-state index contributed by atoms with van der Waals surface area (Å²) in [5.74, 6) is 6.89. The Balaban J connectivity index is 2.07. The molecule has 1 saturated heterocycles. The molecule has 20 heavy (non-hydrogen) atoms. The van der Waals surface area contributed by atoms with Gasteiger partial charge in [-0.3, -0.25) is 11.3 Å². The molecule has 1 aliphatic heterocycles. The van der Waals surface area contributed by atoms with Gasteiger partial charge in [0.1, 0.15) is 0 Å². The lowest BCUT2D eigenvalue weighted by Gasteiger charge is -2.35. The fraction of sp³-hybridized carbons (Fsp3) is 0.571. The van der Waals surface area contributed by atoms with Gasteiger partial charge in [-0.2, -0.15) is 23.5 Å². The van der Waals surface area contributed by atoms with Crippen LogP contribution in [-0.2, 0) is 6.42 Å². The van der Waals surface area contributed by atoms with Crippen LogP contribution in [-0.4, -0.2) is 27.5 Å². The van der Waals surface area contributed by atoms with Crippen LogP contribution in [0.25, 0.3) is 0 Å². The van der Waals surface area contributed by atoms with Crippen molar-refractivity contribution >= 4 is 46.7 Å². The van der Waals surface area contributed by atoms with Gasteiger partial charge in [-0.1, -0.05) is 49.2 Å². The highest BCUT2D eigenvalue weighted by molar-refractivity contribution is 8.07. The summed E-state index contributed by atoms with van der Waals surface area (Å²) in [7, 11) is 0. The van der Waals surface area contributed by atoms with Gasteiger partial charge in [-0.05, 0) is 18.1 Å². The van der Waals surface area contributed by atoms with Crippen molar-refractivity contribution in [1.82, 2.24) is 5.43 Å². The van der Waals surface area contributed by atoms with E-state index >= 15 is 0 Å². The van der Waals surface area contributed by atoms with Crippen LogP contribution in [0.5, 0.6) is 0 Å². The zero-order chi connectivity index (χ0) is 14.7. The van der Waals surface area contributed by atoms with Gasteiger partial charge in [0, 0.05) is 27.5 Å². The van der Waals surface area contributed by atoms with Crippen LogP contribution < -0.4 is 11.3 Å². The standard InChI is InChI=1S/C14H20Cl2N2S2/c1-8-9(2)20-13(7-19-8)12(18-17)6-10-4-3-5-11(15)14(10)16/h3-5,8-9,12-13,18H,6-7,17H2,1-2H3. The van der Waals surface area contributed by atoms with Crippen molar-refractivity contribution in [2.24, 2.45) is 5.84 Å². The topological polar surface area (TPSA) is 38.0 Å². The zero-order valence-corrected chi connectivity index (χ0v) is 14.8. The van der Waals surface area contributed by atoms with E-state index in [1.54, 1.807) is 0 Å². The lowest BCUT2D eigenvalue weighted by Crippen LogP contribution is -2.47. The van der Waals surface area contributed by atoms with Crippen LogP contribution in [0, 0.1) is 0 Å². The minimum atomic E-state index is 0.207. The van der Waals surface area contributed by atoms with Crippen LogP contribution >= 0.6 is 46.7 Å². The summed E-state index contributed by atoms with van der Waals surface area (Å²) in [6.07, 6.45) is 0.801. The van der Waals surface area contributed by atoms with Gasteiger partial charge < -0.3 is 0 Å². The van der Waals surface area contributed by atoms with Crippen molar-refractivity contribution < 1.29 is 0 Å². The maximum Gasteiger partial charge on any atom is 0.0624 e. The number of thioether (sulfide) groups is 2. The molecule has 1 aliphatic rings. The molecule has 0 spiro atoms. The first-order chi connectivity index (χ1) is 9.52. The lowest BCUT2D eigenvalue weighted by atomic mass is 10.0. The fourth-order valence-corrected chi connectivity index (χ4v) is 5.77. The number of rotatable bonds is 4. The molecule has 0 radical (unpaired) electrons. The van der Waals surface area contributed by atoms with E-state index in [-0.39, 0.29) is 6.04 Å². The highest BCUT2D eigenvalue weighted by Gasteiger charge is 2.31. The van der Waals surface area contributed by atoms with Crippen LogP contribution in [0.15, 0.2) is 18.2 Å². The summed E-state index contributed by atoms with van der Waals surface area (Å²) in [4.78, 5) is 0. The average Bonchev–Trinajstić information content (AvgIpc) is 2.44. The Labute approximate surface area is 139 Å². The molecule has 3 N–H and O–H groups in total. The van der Waals surface area contributed by atoms with Crippen molar-refractivity contribution in [2.75, 3.05) is 5.75 Å². The Morgan fingerprint density at radius 3 is 2.75 bits per heavy atom. The van der Waals surface area contributed by atoms with E-state index in [0.29, 0.717) is 25.8 Å². The smallest absolute Gasteiger partial charge is 0.0624 e. The minimum Gasteiger partial charge on any atom is -0.271 e. The van der Waals surface area contributed by atoms with Gasteiger partial charge in [-0.25, -0.2) is 0 Å². The third-order valence-corrected chi connectivity index (χ3v) is 8.12. The van der Waals surface area contributed by atoms with Crippen molar-refractivity contribution in [3.05, 3.63) is 33.8 Å². The maximum absolute atomic E-state index is 6.27. The van der Waals surface area contributed by atoms with Gasteiger partial charge in [0.15, 0.2) is 0 Å². The maximum atomic E-state index is 6.27. The van der Waals surface area contributed by atoms with Gasteiger partial charge in [0.25, 0.3) is 0 Å².